The zero-order chi connectivity index (χ0) is 32.0. The molecule has 0 unspecified atom stereocenters. The van der Waals surface area contributed by atoms with Gasteiger partial charge in [-0.25, -0.2) is 0 Å². The summed E-state index contributed by atoms with van der Waals surface area (Å²) in [6.07, 6.45) is 5.53. The molecule has 0 fully saturated rings. The Kier molecular flexibility index (Phi) is 9.03. The van der Waals surface area contributed by atoms with Crippen molar-refractivity contribution >= 4 is 21.8 Å². The number of fused-ring (bicyclic) bond motifs is 3. The second-order valence-electron chi connectivity index (χ2n) is 13.3. The minimum atomic E-state index is -0.127. The van der Waals surface area contributed by atoms with E-state index in [0.717, 1.165) is 22.3 Å². The number of nitrogens with zero attached hydrogens (tertiary/aromatic N) is 3. The number of rotatable bonds is 4. The van der Waals surface area contributed by atoms with Gasteiger partial charge in [-0.1, -0.05) is 90.1 Å². The van der Waals surface area contributed by atoms with E-state index in [-0.39, 0.29) is 25.5 Å². The quantitative estimate of drug-likeness (QED) is 0.129. The molecule has 0 bridgehead atoms. The van der Waals surface area contributed by atoms with Gasteiger partial charge in [-0.15, -0.1) is 76.5 Å². The number of imidazole rings is 1. The Bertz CT molecular complexity index is 2110. The largest absolute Gasteiger partial charge is 3.00 e. The van der Waals surface area contributed by atoms with Crippen molar-refractivity contribution in [3.8, 4) is 22.6 Å². The Hall–Kier alpha value is -4.37. The van der Waals surface area contributed by atoms with Crippen molar-refractivity contribution in [2.45, 2.75) is 58.8 Å². The first kappa shape index (κ1) is 32.6. The maximum Gasteiger partial charge on any atom is 3.00 e. The molecule has 8 rings (SSSR count). The number of hydrogen-bond donors (Lipinski definition) is 0. The molecule has 0 N–H and O–H groups in total. The van der Waals surface area contributed by atoms with Crippen molar-refractivity contribution in [1.82, 2.24) is 9.55 Å². The van der Waals surface area contributed by atoms with Crippen LogP contribution in [0.25, 0.3) is 44.4 Å². The van der Waals surface area contributed by atoms with Crippen LogP contribution in [0.5, 0.6) is 0 Å². The summed E-state index contributed by atoms with van der Waals surface area (Å²) in [5.41, 5.74) is 12.0. The molecule has 3 heterocycles. The van der Waals surface area contributed by atoms with Crippen LogP contribution in [0.2, 0.25) is 0 Å². The van der Waals surface area contributed by atoms with Crippen LogP contribution in [0.4, 0.5) is 0 Å². The second kappa shape index (κ2) is 13.0. The molecule has 1 aliphatic rings. The molecule has 234 valence electrons. The van der Waals surface area contributed by atoms with Crippen LogP contribution in [0.1, 0.15) is 75.6 Å². The van der Waals surface area contributed by atoms with Crippen molar-refractivity contribution in [3.05, 3.63) is 156 Å². The Morgan fingerprint density at radius 1 is 0.745 bits per heavy atom. The summed E-state index contributed by atoms with van der Waals surface area (Å²) in [5.74, 6) is 0.939. The molecule has 0 aliphatic carbocycles. The number of aromatic nitrogens is 3. The maximum atomic E-state index is 4.22. The molecule has 0 atom stereocenters. The summed E-state index contributed by atoms with van der Waals surface area (Å²) in [6.45, 7) is 13.7. The van der Waals surface area contributed by atoms with E-state index in [2.05, 4.69) is 141 Å². The van der Waals surface area contributed by atoms with Crippen LogP contribution < -0.4 is 4.57 Å². The third-order valence-electron chi connectivity index (χ3n) is 9.22. The van der Waals surface area contributed by atoms with Crippen molar-refractivity contribution in [3.63, 3.8) is 0 Å². The minimum absolute atomic E-state index is 0. The molecular weight excluding hydrogens is 751 g/mol. The van der Waals surface area contributed by atoms with Gasteiger partial charge in [-0.05, 0) is 63.5 Å². The van der Waals surface area contributed by atoms with E-state index in [4.69, 9.17) is 0 Å². The van der Waals surface area contributed by atoms with E-state index >= 15 is 0 Å². The molecule has 0 radical (unpaired) electrons. The molecular formula is C43H39IrN3+. The summed E-state index contributed by atoms with van der Waals surface area (Å²) in [6, 6.07) is 45.2. The zero-order valence-electron chi connectivity index (χ0n) is 27.8. The van der Waals surface area contributed by atoms with E-state index in [1.807, 2.05) is 42.5 Å². The molecule has 4 heteroatoms. The molecule has 2 aromatic heterocycles. The van der Waals surface area contributed by atoms with Crippen LogP contribution in [-0.4, -0.2) is 9.55 Å². The normalized spacial score (nSPS) is 12.9. The van der Waals surface area contributed by atoms with Crippen molar-refractivity contribution in [2.24, 2.45) is 0 Å². The average Bonchev–Trinajstić information content (AvgIpc) is 3.48. The third kappa shape index (κ3) is 5.97. The molecule has 0 saturated heterocycles. The van der Waals surface area contributed by atoms with Gasteiger partial charge in [0.1, 0.15) is 0 Å². The third-order valence-corrected chi connectivity index (χ3v) is 9.22. The fraction of sp³-hybridized carbons (Fsp3) is 0.209. The first-order valence-electron chi connectivity index (χ1n) is 16.2. The Labute approximate surface area is 292 Å². The van der Waals surface area contributed by atoms with Crippen LogP contribution in [0, 0.1) is 18.5 Å². The van der Waals surface area contributed by atoms with Crippen molar-refractivity contribution in [2.75, 3.05) is 0 Å². The smallest absolute Gasteiger partial charge is 0.308 e. The first-order valence-corrected chi connectivity index (χ1v) is 16.2. The molecule has 0 amide bonds. The second-order valence-corrected chi connectivity index (χ2v) is 13.3. The topological polar surface area (TPSA) is 21.7 Å². The summed E-state index contributed by atoms with van der Waals surface area (Å²) < 4.78 is 4.50. The van der Waals surface area contributed by atoms with E-state index in [1.54, 1.807) is 6.20 Å². The SMILES string of the molecule is CC(C)c1cc(C(C)C)cc(-n2[c-][n+]3c4c(cccc42)C(C)(C)c2cc4ccccc4[c-]c2-3)c1.[Ir+3].[c-]1ccccc1-c1ccccn1. The van der Waals surface area contributed by atoms with E-state index in [0.29, 0.717) is 11.8 Å². The van der Waals surface area contributed by atoms with E-state index in [1.165, 1.54) is 44.4 Å². The van der Waals surface area contributed by atoms with Gasteiger partial charge < -0.3 is 9.55 Å². The minimum Gasteiger partial charge on any atom is -0.308 e. The van der Waals surface area contributed by atoms with Gasteiger partial charge in [0, 0.05) is 6.20 Å². The standard InChI is InChI=1S/C32H31N2.C11H8N.Ir/c1-20(2)24-14-25(21(3)4)16-26(15-24)33-19-34-30-18-23-11-8-7-10-22(23)17-28(30)32(5,6)27-12-9-13-29(33)31(27)34;1-2-6-10(7-3-1)11-8-4-5-9-12-11;/h7-17,20-21H,1-6H3;1-6,8-9H;/q2*-1;+3. The monoisotopic (exact) mass is 790 g/mol. The summed E-state index contributed by atoms with van der Waals surface area (Å²) in [4.78, 5) is 4.22. The summed E-state index contributed by atoms with van der Waals surface area (Å²) in [7, 11) is 0. The summed E-state index contributed by atoms with van der Waals surface area (Å²) >= 11 is 0. The Morgan fingerprint density at radius 3 is 2.15 bits per heavy atom. The van der Waals surface area contributed by atoms with Crippen LogP contribution in [0.15, 0.2) is 115 Å². The Balaban J connectivity index is 0.000000250. The molecule has 47 heavy (non-hydrogen) atoms. The van der Waals surface area contributed by atoms with Gasteiger partial charge >= 0.3 is 20.1 Å². The fourth-order valence-electron chi connectivity index (χ4n) is 6.50. The first-order chi connectivity index (χ1) is 22.2. The maximum absolute atomic E-state index is 4.22. The number of benzene rings is 5. The number of para-hydroxylation sites is 1. The molecule has 5 aromatic carbocycles. The number of pyridine rings is 1. The van der Waals surface area contributed by atoms with E-state index in [9.17, 15) is 0 Å². The van der Waals surface area contributed by atoms with Crippen LogP contribution >= 0.6 is 0 Å². The number of hydrogen-bond acceptors (Lipinski definition) is 1. The molecule has 3 nitrogen and oxygen atoms in total. The average molecular weight is 790 g/mol. The Morgan fingerprint density at radius 2 is 1.47 bits per heavy atom. The predicted molar refractivity (Wildman–Crippen MR) is 189 cm³/mol. The van der Waals surface area contributed by atoms with Gasteiger partial charge in [0.05, 0.1) is 16.7 Å². The summed E-state index contributed by atoms with van der Waals surface area (Å²) in [5, 5.41) is 2.37. The van der Waals surface area contributed by atoms with Crippen LogP contribution in [0.3, 0.4) is 0 Å². The van der Waals surface area contributed by atoms with Gasteiger partial charge in [0.2, 0.25) is 0 Å². The molecule has 7 aromatic rings. The van der Waals surface area contributed by atoms with E-state index < -0.39 is 0 Å². The van der Waals surface area contributed by atoms with Crippen molar-refractivity contribution < 1.29 is 24.7 Å². The van der Waals surface area contributed by atoms with Gasteiger partial charge in [-0.2, -0.15) is 0 Å². The van der Waals surface area contributed by atoms with Crippen LogP contribution in [-0.2, 0) is 25.5 Å². The molecule has 0 spiro atoms. The van der Waals surface area contributed by atoms with Crippen molar-refractivity contribution in [1.29, 1.82) is 0 Å². The van der Waals surface area contributed by atoms with Gasteiger partial charge in [0.15, 0.2) is 0 Å². The predicted octanol–water partition coefficient (Wildman–Crippen LogP) is 10.1. The molecule has 0 saturated carbocycles. The van der Waals surface area contributed by atoms with Gasteiger partial charge in [0.25, 0.3) is 6.33 Å². The fourth-order valence-corrected chi connectivity index (χ4v) is 6.50. The zero-order valence-corrected chi connectivity index (χ0v) is 30.2. The van der Waals surface area contributed by atoms with Gasteiger partial charge in [-0.3, -0.25) is 4.57 Å². The molecule has 1 aliphatic heterocycles.